The first-order valence-corrected chi connectivity index (χ1v) is 7.04. The van der Waals surface area contributed by atoms with E-state index < -0.39 is 6.04 Å². The molecule has 0 radical (unpaired) electrons. The molecule has 1 amide bonds. The Morgan fingerprint density at radius 1 is 1.50 bits per heavy atom. The lowest BCUT2D eigenvalue weighted by atomic mass is 10.1. The Kier molecular flexibility index (Phi) is 2.83. The number of nitrogens with two attached hydrogens (primary N) is 1. The molecule has 2 aliphatic rings. The first kappa shape index (κ1) is 12.0. The zero-order chi connectivity index (χ0) is 12.9. The number of fused-ring (bicyclic) bond motifs is 1. The van der Waals surface area contributed by atoms with Gasteiger partial charge >= 0.3 is 0 Å². The standard InChI is InChI=1S/C13H16BrN3O/c1-7-3-2-4-17(7)11-6-10-8(5-9(11)14)12(15)13(18)16-10/h5-7,12H,2-4,15H2,1H3,(H,16,18). The number of nitrogens with zero attached hydrogens (tertiary/aromatic N) is 1. The zero-order valence-corrected chi connectivity index (χ0v) is 11.8. The molecule has 4 nitrogen and oxygen atoms in total. The predicted molar refractivity (Wildman–Crippen MR) is 75.7 cm³/mol. The van der Waals surface area contributed by atoms with Crippen LogP contribution in [0.3, 0.4) is 0 Å². The summed E-state index contributed by atoms with van der Waals surface area (Å²) in [7, 11) is 0. The van der Waals surface area contributed by atoms with Gasteiger partial charge in [-0.3, -0.25) is 4.79 Å². The fraction of sp³-hybridized carbons (Fsp3) is 0.462. The summed E-state index contributed by atoms with van der Waals surface area (Å²) in [6, 6.07) is 4.01. The van der Waals surface area contributed by atoms with Crippen molar-refractivity contribution in [2.75, 3.05) is 16.8 Å². The molecule has 2 aliphatic heterocycles. The van der Waals surface area contributed by atoms with Crippen LogP contribution < -0.4 is 16.0 Å². The molecule has 1 aromatic rings. The van der Waals surface area contributed by atoms with Crippen molar-refractivity contribution in [2.45, 2.75) is 31.8 Å². The summed E-state index contributed by atoms with van der Waals surface area (Å²) in [6.07, 6.45) is 2.44. The molecule has 0 saturated carbocycles. The van der Waals surface area contributed by atoms with Gasteiger partial charge in [0.15, 0.2) is 0 Å². The number of halogens is 1. The van der Waals surface area contributed by atoms with E-state index in [1.165, 1.54) is 12.8 Å². The van der Waals surface area contributed by atoms with E-state index in [1.54, 1.807) is 0 Å². The molecule has 2 unspecified atom stereocenters. The summed E-state index contributed by atoms with van der Waals surface area (Å²) in [5.74, 6) is -0.122. The van der Waals surface area contributed by atoms with Crippen LogP contribution in [0.4, 0.5) is 11.4 Å². The SMILES string of the molecule is CC1CCCN1c1cc2c(cc1Br)C(N)C(=O)N2. The highest BCUT2D eigenvalue weighted by Crippen LogP contribution is 2.40. The van der Waals surface area contributed by atoms with E-state index in [-0.39, 0.29) is 5.91 Å². The normalized spacial score (nSPS) is 26.4. The van der Waals surface area contributed by atoms with Gasteiger partial charge in [-0.1, -0.05) is 0 Å². The molecule has 1 saturated heterocycles. The van der Waals surface area contributed by atoms with E-state index in [9.17, 15) is 4.79 Å². The average Bonchev–Trinajstić information content (AvgIpc) is 2.86. The molecule has 3 rings (SSSR count). The third kappa shape index (κ3) is 1.73. The maximum absolute atomic E-state index is 11.6. The van der Waals surface area contributed by atoms with Crippen LogP contribution in [0, 0.1) is 0 Å². The van der Waals surface area contributed by atoms with Crippen molar-refractivity contribution >= 4 is 33.2 Å². The number of amides is 1. The van der Waals surface area contributed by atoms with Gasteiger partial charge in [-0.25, -0.2) is 0 Å². The second-order valence-electron chi connectivity index (χ2n) is 5.04. The predicted octanol–water partition coefficient (Wildman–Crippen LogP) is 2.39. The molecular formula is C13H16BrN3O. The fourth-order valence-electron chi connectivity index (χ4n) is 2.81. The van der Waals surface area contributed by atoms with Gasteiger partial charge in [-0.05, 0) is 47.8 Å². The van der Waals surface area contributed by atoms with Gasteiger partial charge in [0.1, 0.15) is 6.04 Å². The van der Waals surface area contributed by atoms with Crippen LogP contribution in [-0.2, 0) is 4.79 Å². The minimum atomic E-state index is -0.540. The monoisotopic (exact) mass is 309 g/mol. The summed E-state index contributed by atoms with van der Waals surface area (Å²) < 4.78 is 1.02. The molecule has 0 bridgehead atoms. The van der Waals surface area contributed by atoms with Crippen LogP contribution in [0.2, 0.25) is 0 Å². The first-order chi connectivity index (χ1) is 8.58. The largest absolute Gasteiger partial charge is 0.368 e. The summed E-state index contributed by atoms with van der Waals surface area (Å²) in [5.41, 5.74) is 8.72. The number of hydrogen-bond acceptors (Lipinski definition) is 3. The quantitative estimate of drug-likeness (QED) is 0.837. The molecule has 0 aromatic heterocycles. The number of carbonyl (C=O) groups is 1. The van der Waals surface area contributed by atoms with Gasteiger partial charge in [0.2, 0.25) is 5.91 Å². The molecule has 3 N–H and O–H groups in total. The fourth-order valence-corrected chi connectivity index (χ4v) is 3.39. The highest BCUT2D eigenvalue weighted by Gasteiger charge is 2.30. The lowest BCUT2D eigenvalue weighted by Gasteiger charge is -2.25. The van der Waals surface area contributed by atoms with Crippen molar-refractivity contribution in [3.8, 4) is 0 Å². The summed E-state index contributed by atoms with van der Waals surface area (Å²) in [4.78, 5) is 13.9. The van der Waals surface area contributed by atoms with Crippen molar-refractivity contribution in [1.29, 1.82) is 0 Å². The first-order valence-electron chi connectivity index (χ1n) is 6.24. The van der Waals surface area contributed by atoms with Crippen LogP contribution in [0.5, 0.6) is 0 Å². The zero-order valence-electron chi connectivity index (χ0n) is 10.2. The highest BCUT2D eigenvalue weighted by molar-refractivity contribution is 9.10. The van der Waals surface area contributed by atoms with E-state index in [2.05, 4.69) is 33.1 Å². The molecule has 5 heteroatoms. The van der Waals surface area contributed by atoms with Crippen molar-refractivity contribution in [3.63, 3.8) is 0 Å². The Morgan fingerprint density at radius 3 is 2.94 bits per heavy atom. The van der Waals surface area contributed by atoms with Crippen molar-refractivity contribution in [2.24, 2.45) is 5.73 Å². The van der Waals surface area contributed by atoms with Gasteiger partial charge in [-0.2, -0.15) is 0 Å². The topological polar surface area (TPSA) is 58.4 Å². The number of hydrogen-bond donors (Lipinski definition) is 2. The number of benzene rings is 1. The molecule has 2 atom stereocenters. The molecule has 2 heterocycles. The number of nitrogens with one attached hydrogen (secondary N) is 1. The molecule has 1 fully saturated rings. The highest BCUT2D eigenvalue weighted by atomic mass is 79.9. The molecular weight excluding hydrogens is 294 g/mol. The second-order valence-corrected chi connectivity index (χ2v) is 5.90. The van der Waals surface area contributed by atoms with Gasteiger partial charge in [0, 0.05) is 28.3 Å². The molecule has 18 heavy (non-hydrogen) atoms. The molecule has 0 aliphatic carbocycles. The molecule has 0 spiro atoms. The van der Waals surface area contributed by atoms with E-state index in [1.807, 2.05) is 12.1 Å². The van der Waals surface area contributed by atoms with Crippen LogP contribution in [-0.4, -0.2) is 18.5 Å². The Bertz CT molecular complexity index is 517. The summed E-state index contributed by atoms with van der Waals surface area (Å²) in [6.45, 7) is 3.30. The number of anilines is 2. The van der Waals surface area contributed by atoms with E-state index in [0.717, 1.165) is 28.0 Å². The van der Waals surface area contributed by atoms with Gasteiger partial charge in [-0.15, -0.1) is 0 Å². The lowest BCUT2D eigenvalue weighted by Crippen LogP contribution is -2.26. The number of rotatable bonds is 1. The summed E-state index contributed by atoms with van der Waals surface area (Å²) >= 11 is 3.60. The van der Waals surface area contributed by atoms with Gasteiger partial charge < -0.3 is 16.0 Å². The van der Waals surface area contributed by atoms with E-state index in [0.29, 0.717) is 6.04 Å². The van der Waals surface area contributed by atoms with Crippen molar-refractivity contribution in [3.05, 3.63) is 22.2 Å². The smallest absolute Gasteiger partial charge is 0.245 e. The maximum Gasteiger partial charge on any atom is 0.245 e. The third-order valence-corrected chi connectivity index (χ3v) is 4.49. The Morgan fingerprint density at radius 2 is 2.28 bits per heavy atom. The second kappa shape index (κ2) is 4.24. The van der Waals surface area contributed by atoms with E-state index >= 15 is 0 Å². The van der Waals surface area contributed by atoms with Crippen LogP contribution in [0.25, 0.3) is 0 Å². The summed E-state index contributed by atoms with van der Waals surface area (Å²) in [5, 5.41) is 2.84. The minimum Gasteiger partial charge on any atom is -0.368 e. The minimum absolute atomic E-state index is 0.122. The van der Waals surface area contributed by atoms with Crippen molar-refractivity contribution < 1.29 is 4.79 Å². The Hall–Kier alpha value is -1.07. The average molecular weight is 310 g/mol. The van der Waals surface area contributed by atoms with Crippen LogP contribution in [0.15, 0.2) is 16.6 Å². The molecule has 1 aromatic carbocycles. The molecule has 96 valence electrons. The van der Waals surface area contributed by atoms with Gasteiger partial charge in [0.25, 0.3) is 0 Å². The van der Waals surface area contributed by atoms with Crippen LogP contribution in [0.1, 0.15) is 31.4 Å². The lowest BCUT2D eigenvalue weighted by molar-refractivity contribution is -0.116. The van der Waals surface area contributed by atoms with E-state index in [4.69, 9.17) is 5.73 Å². The third-order valence-electron chi connectivity index (χ3n) is 3.86. The van der Waals surface area contributed by atoms with Crippen molar-refractivity contribution in [1.82, 2.24) is 0 Å². The Labute approximate surface area is 115 Å². The Balaban J connectivity index is 2.03. The van der Waals surface area contributed by atoms with Gasteiger partial charge in [0.05, 0.1) is 5.69 Å². The number of carbonyl (C=O) groups excluding carboxylic acids is 1. The van der Waals surface area contributed by atoms with Crippen LogP contribution >= 0.6 is 15.9 Å². The maximum atomic E-state index is 11.6.